The number of benzene rings is 2. The summed E-state index contributed by atoms with van der Waals surface area (Å²) in [5.41, 5.74) is 6.41. The molecule has 262 valence electrons. The van der Waals surface area contributed by atoms with E-state index in [1.165, 1.54) is 21.3 Å². The lowest BCUT2D eigenvalue weighted by atomic mass is 9.87. The molecule has 0 aromatic heterocycles. The number of sulfonamides is 2. The zero-order chi connectivity index (χ0) is 34.4. The molecule has 5 atom stereocenters. The van der Waals surface area contributed by atoms with Crippen molar-refractivity contribution in [3.05, 3.63) is 60.2 Å². The summed E-state index contributed by atoms with van der Waals surface area (Å²) < 4.78 is 66.4. The van der Waals surface area contributed by atoms with E-state index in [0.29, 0.717) is 32.3 Å². The number of aliphatic hydroxyl groups excluding tert-OH is 1. The first-order valence-electron chi connectivity index (χ1n) is 15.8. The highest BCUT2D eigenvalue weighted by Crippen LogP contribution is 2.36. The standard InChI is InChI=1S/C32H48N4O9S2/c1-32(2,15-7-8-16-34-46(3,40)41)22-35(47(42,43)25-13-9-12-24(33)19-25)20-29(37)27(18-23-10-5-4-6-11-23)36(31(38)39)28-21-45-30-26(28)14-17-44-30/h4-6,9-13,19,26-30,34,37H,7-8,14-18,20-22,33H2,1-3H3,(H,38,39)/t26-,27-,28-,29+,30+/m0/s1. The normalized spacial score (nSPS) is 21.4. The van der Waals surface area contributed by atoms with Gasteiger partial charge in [-0.05, 0) is 54.9 Å². The van der Waals surface area contributed by atoms with E-state index in [1.54, 1.807) is 12.1 Å². The van der Waals surface area contributed by atoms with Gasteiger partial charge in [-0.3, -0.25) is 4.90 Å². The monoisotopic (exact) mass is 696 g/mol. The molecule has 2 aliphatic rings. The zero-order valence-corrected chi connectivity index (χ0v) is 28.8. The van der Waals surface area contributed by atoms with Crippen LogP contribution in [0.15, 0.2) is 59.5 Å². The predicted molar refractivity (Wildman–Crippen MR) is 177 cm³/mol. The summed E-state index contributed by atoms with van der Waals surface area (Å²) >= 11 is 0. The van der Waals surface area contributed by atoms with Gasteiger partial charge in [0.1, 0.15) is 0 Å². The van der Waals surface area contributed by atoms with Gasteiger partial charge in [0.2, 0.25) is 20.0 Å². The predicted octanol–water partition coefficient (Wildman–Crippen LogP) is 2.72. The third-order valence-electron chi connectivity index (χ3n) is 8.81. The van der Waals surface area contributed by atoms with Crippen molar-refractivity contribution in [3.8, 4) is 0 Å². The molecule has 13 nitrogen and oxygen atoms in total. The first-order chi connectivity index (χ1) is 22.1. The topological polar surface area (TPSA) is 189 Å². The van der Waals surface area contributed by atoms with Crippen molar-refractivity contribution >= 4 is 31.8 Å². The van der Waals surface area contributed by atoms with Crippen LogP contribution in [0.1, 0.15) is 45.1 Å². The molecule has 0 radical (unpaired) electrons. The Morgan fingerprint density at radius 3 is 2.47 bits per heavy atom. The largest absolute Gasteiger partial charge is 0.465 e. The van der Waals surface area contributed by atoms with Crippen LogP contribution in [0.4, 0.5) is 10.5 Å². The van der Waals surface area contributed by atoms with Crippen LogP contribution < -0.4 is 10.5 Å². The number of carbonyl (C=O) groups is 1. The lowest BCUT2D eigenvalue weighted by Crippen LogP contribution is -2.58. The quantitative estimate of drug-likeness (QED) is 0.141. The maximum Gasteiger partial charge on any atom is 0.407 e. The van der Waals surface area contributed by atoms with Crippen LogP contribution >= 0.6 is 0 Å². The summed E-state index contributed by atoms with van der Waals surface area (Å²) in [6.07, 6.45) is 0.418. The number of nitrogens with zero attached hydrogens (tertiary/aromatic N) is 2. The Morgan fingerprint density at radius 1 is 1.09 bits per heavy atom. The Bertz CT molecular complexity index is 1560. The second-order valence-corrected chi connectivity index (χ2v) is 17.0. The summed E-state index contributed by atoms with van der Waals surface area (Å²) in [7, 11) is -7.52. The first kappa shape index (κ1) is 37.0. The van der Waals surface area contributed by atoms with Crippen molar-refractivity contribution in [2.75, 3.05) is 44.8 Å². The van der Waals surface area contributed by atoms with Crippen molar-refractivity contribution in [3.63, 3.8) is 0 Å². The van der Waals surface area contributed by atoms with E-state index in [2.05, 4.69) is 4.72 Å². The van der Waals surface area contributed by atoms with Crippen LogP contribution in [0, 0.1) is 11.3 Å². The van der Waals surface area contributed by atoms with Crippen molar-refractivity contribution in [1.82, 2.24) is 13.9 Å². The van der Waals surface area contributed by atoms with Crippen LogP contribution in [0.5, 0.6) is 0 Å². The lowest BCUT2D eigenvalue weighted by Gasteiger charge is -2.40. The maximum absolute atomic E-state index is 14.2. The fraction of sp³-hybridized carbons (Fsp3) is 0.594. The number of rotatable bonds is 17. The number of hydrogen-bond donors (Lipinski definition) is 4. The second-order valence-electron chi connectivity index (χ2n) is 13.3. The average molecular weight is 697 g/mol. The highest BCUT2D eigenvalue weighted by Gasteiger charge is 2.49. The summed E-state index contributed by atoms with van der Waals surface area (Å²) in [5, 5.41) is 22.5. The van der Waals surface area contributed by atoms with E-state index in [1.807, 2.05) is 44.2 Å². The summed E-state index contributed by atoms with van der Waals surface area (Å²) in [5.74, 6) is -0.208. The van der Waals surface area contributed by atoms with Gasteiger partial charge in [0, 0.05) is 31.2 Å². The van der Waals surface area contributed by atoms with Gasteiger partial charge in [-0.2, -0.15) is 4.31 Å². The van der Waals surface area contributed by atoms with Gasteiger partial charge in [0.05, 0.1) is 42.6 Å². The molecule has 47 heavy (non-hydrogen) atoms. The molecule has 0 aliphatic carbocycles. The number of hydrogen-bond acceptors (Lipinski definition) is 9. The van der Waals surface area contributed by atoms with Gasteiger partial charge in [0.15, 0.2) is 6.29 Å². The summed E-state index contributed by atoms with van der Waals surface area (Å²) in [6.45, 7) is 4.26. The third kappa shape index (κ3) is 10.1. The molecule has 0 saturated carbocycles. The number of ether oxygens (including phenoxy) is 2. The number of nitrogens with one attached hydrogen (secondary N) is 1. The van der Waals surface area contributed by atoms with E-state index in [0.717, 1.165) is 11.8 Å². The van der Waals surface area contributed by atoms with E-state index in [4.69, 9.17) is 15.2 Å². The van der Waals surface area contributed by atoms with Crippen LogP contribution in [-0.4, -0.2) is 106 Å². The van der Waals surface area contributed by atoms with Crippen LogP contribution in [0.25, 0.3) is 0 Å². The van der Waals surface area contributed by atoms with Gasteiger partial charge in [-0.1, -0.05) is 56.7 Å². The molecule has 2 heterocycles. The molecule has 0 unspecified atom stereocenters. The molecule has 2 aliphatic heterocycles. The van der Waals surface area contributed by atoms with Crippen molar-refractivity contribution in [2.45, 2.75) is 75.3 Å². The second kappa shape index (κ2) is 15.6. The number of aliphatic hydroxyl groups is 1. The Kier molecular flexibility index (Phi) is 12.3. The van der Waals surface area contributed by atoms with Crippen LogP contribution in [0.3, 0.4) is 0 Å². The maximum atomic E-state index is 14.2. The molecule has 15 heteroatoms. The van der Waals surface area contributed by atoms with Gasteiger partial charge in [-0.25, -0.2) is 26.4 Å². The summed E-state index contributed by atoms with van der Waals surface area (Å²) in [4.78, 5) is 14.1. The molecule has 1 amide bonds. The highest BCUT2D eigenvalue weighted by molar-refractivity contribution is 7.89. The molecular weight excluding hydrogens is 649 g/mol. The molecule has 4 rings (SSSR count). The van der Waals surface area contributed by atoms with Crippen LogP contribution in [-0.2, 0) is 35.9 Å². The minimum Gasteiger partial charge on any atom is -0.465 e. The number of unbranched alkanes of at least 4 members (excludes halogenated alkanes) is 1. The number of amides is 1. The van der Waals surface area contributed by atoms with E-state index >= 15 is 0 Å². The number of nitrogens with two attached hydrogens (primary N) is 1. The van der Waals surface area contributed by atoms with Gasteiger partial charge < -0.3 is 25.4 Å². The molecule has 5 N–H and O–H groups in total. The number of fused-ring (bicyclic) bond motifs is 1. The Hall–Kier alpha value is -2.79. The minimum absolute atomic E-state index is 0.0108. The Labute approximate surface area is 278 Å². The van der Waals surface area contributed by atoms with E-state index in [-0.39, 0.29) is 49.2 Å². The van der Waals surface area contributed by atoms with Gasteiger partial charge in [-0.15, -0.1) is 0 Å². The van der Waals surface area contributed by atoms with Crippen molar-refractivity contribution in [1.29, 1.82) is 0 Å². The van der Waals surface area contributed by atoms with E-state index < -0.39 is 56.0 Å². The Morgan fingerprint density at radius 2 is 1.81 bits per heavy atom. The van der Waals surface area contributed by atoms with Gasteiger partial charge >= 0.3 is 6.09 Å². The molecule has 2 fully saturated rings. The highest BCUT2D eigenvalue weighted by atomic mass is 32.2. The van der Waals surface area contributed by atoms with Gasteiger partial charge in [0.25, 0.3) is 0 Å². The Balaban J connectivity index is 1.64. The number of nitrogen functional groups attached to an aromatic ring is 1. The molecule has 0 spiro atoms. The molecule has 2 saturated heterocycles. The minimum atomic E-state index is -4.20. The van der Waals surface area contributed by atoms with E-state index in [9.17, 15) is 31.8 Å². The average Bonchev–Trinajstić information content (AvgIpc) is 3.61. The smallest absolute Gasteiger partial charge is 0.407 e. The lowest BCUT2D eigenvalue weighted by molar-refractivity contribution is -0.0906. The molecule has 0 bridgehead atoms. The van der Waals surface area contributed by atoms with Crippen molar-refractivity contribution in [2.24, 2.45) is 11.3 Å². The molecule has 2 aromatic rings. The number of anilines is 1. The van der Waals surface area contributed by atoms with Crippen LogP contribution in [0.2, 0.25) is 0 Å². The molecular formula is C32H48N4O9S2. The third-order valence-corrected chi connectivity index (χ3v) is 11.3. The summed E-state index contributed by atoms with van der Waals surface area (Å²) in [6, 6.07) is 13.5. The fourth-order valence-corrected chi connectivity index (χ4v) is 8.70. The zero-order valence-electron chi connectivity index (χ0n) is 27.2. The first-order valence-corrected chi connectivity index (χ1v) is 19.2. The number of carboxylic acid groups (broad SMARTS) is 1. The SMILES string of the molecule is CC(C)(CCCCNS(C)(=O)=O)CN(C[C@@H](O)[C@H](Cc1ccccc1)N(C(=O)O)[C@H]1CO[C@H]2OCC[C@H]21)S(=O)(=O)c1cccc(N)c1. The fourth-order valence-electron chi connectivity index (χ4n) is 6.48. The van der Waals surface area contributed by atoms with Crippen molar-refractivity contribution < 1.29 is 41.3 Å². The molecule has 2 aromatic carbocycles.